The smallest absolute Gasteiger partial charge is 0.412 e. The first-order valence-electron chi connectivity index (χ1n) is 11.1. The van der Waals surface area contributed by atoms with Gasteiger partial charge in [-0.3, -0.25) is 9.36 Å². The second kappa shape index (κ2) is 14.5. The van der Waals surface area contributed by atoms with Crippen LogP contribution >= 0.6 is 18.9 Å². The first kappa shape index (κ1) is 31.8. The molecule has 0 aliphatic carbocycles. The van der Waals surface area contributed by atoms with Crippen molar-refractivity contribution in [2.45, 2.75) is 52.2 Å². The van der Waals surface area contributed by atoms with Gasteiger partial charge >= 0.3 is 25.6 Å². The van der Waals surface area contributed by atoms with Gasteiger partial charge in [0.25, 0.3) is 0 Å². The molecule has 0 bridgehead atoms. The highest BCUT2D eigenvalue weighted by molar-refractivity contribution is 7.57. The summed E-state index contributed by atoms with van der Waals surface area (Å²) in [6.07, 6.45) is -3.02. The molecule has 1 aromatic heterocycles. The lowest BCUT2D eigenvalue weighted by atomic mass is 10.2. The van der Waals surface area contributed by atoms with E-state index in [0.29, 0.717) is 16.5 Å². The minimum Gasteiger partial charge on any atom is -0.465 e. The van der Waals surface area contributed by atoms with Gasteiger partial charge in [0.2, 0.25) is 5.91 Å². The summed E-state index contributed by atoms with van der Waals surface area (Å²) in [6.45, 7) is 8.38. The van der Waals surface area contributed by atoms with E-state index in [1.807, 2.05) is 13.8 Å². The molecule has 2 rings (SSSR count). The van der Waals surface area contributed by atoms with Crippen molar-refractivity contribution in [3.05, 3.63) is 47.4 Å². The Labute approximate surface area is 211 Å². The minimum absolute atomic E-state index is 0.00481. The zero-order valence-corrected chi connectivity index (χ0v) is 22.1. The van der Waals surface area contributed by atoms with E-state index >= 15 is 4.39 Å². The molecule has 1 aromatic carbocycles. The van der Waals surface area contributed by atoms with Gasteiger partial charge in [-0.25, -0.2) is 14.3 Å². The fourth-order valence-electron chi connectivity index (χ4n) is 2.70. The van der Waals surface area contributed by atoms with Crippen LogP contribution in [0.2, 0.25) is 0 Å². The number of alkyl halides is 4. The Bertz CT molecular complexity index is 1070. The van der Waals surface area contributed by atoms with Crippen molar-refractivity contribution >= 4 is 40.9 Å². The lowest BCUT2D eigenvalue weighted by Gasteiger charge is -2.26. The van der Waals surface area contributed by atoms with Crippen LogP contribution < -0.4 is 5.09 Å². The predicted molar refractivity (Wildman–Crippen MR) is 131 cm³/mol. The SMILES string of the molecule is C=CCOC(=O)c1cc2cc(C(F)P(=O)(NC(C)C(=O)OCCC)OCC(F)(F)F)ccc2s1.CC. The van der Waals surface area contributed by atoms with Crippen molar-refractivity contribution in [2.75, 3.05) is 19.8 Å². The van der Waals surface area contributed by atoms with Crippen LogP contribution in [0.25, 0.3) is 10.1 Å². The topological polar surface area (TPSA) is 90.9 Å². The van der Waals surface area contributed by atoms with Crippen LogP contribution in [-0.2, 0) is 23.4 Å². The lowest BCUT2D eigenvalue weighted by Crippen LogP contribution is -2.35. The van der Waals surface area contributed by atoms with Crippen molar-refractivity contribution < 1.29 is 45.7 Å². The molecule has 0 saturated carbocycles. The van der Waals surface area contributed by atoms with E-state index in [4.69, 9.17) is 9.47 Å². The lowest BCUT2D eigenvalue weighted by molar-refractivity contribution is -0.154. The van der Waals surface area contributed by atoms with Crippen LogP contribution in [-0.4, -0.2) is 44.0 Å². The van der Waals surface area contributed by atoms with E-state index in [2.05, 4.69) is 16.2 Å². The van der Waals surface area contributed by atoms with Gasteiger partial charge in [-0.1, -0.05) is 39.5 Å². The van der Waals surface area contributed by atoms with Gasteiger partial charge in [-0.05, 0) is 42.5 Å². The zero-order chi connectivity index (χ0) is 27.5. The van der Waals surface area contributed by atoms with E-state index in [-0.39, 0.29) is 23.7 Å². The summed E-state index contributed by atoms with van der Waals surface area (Å²) in [5, 5.41) is 2.45. The Kier molecular flexibility index (Phi) is 12.8. The van der Waals surface area contributed by atoms with Gasteiger partial charge in [-0.15, -0.1) is 11.3 Å². The van der Waals surface area contributed by atoms with Crippen molar-refractivity contribution in [1.82, 2.24) is 5.09 Å². The Morgan fingerprint density at radius 2 is 1.89 bits per heavy atom. The van der Waals surface area contributed by atoms with Crippen LogP contribution in [0, 0.1) is 0 Å². The predicted octanol–water partition coefficient (Wildman–Crippen LogP) is 6.94. The van der Waals surface area contributed by atoms with Crippen LogP contribution in [0.1, 0.15) is 55.3 Å². The fraction of sp³-hybridized carbons (Fsp3) is 0.478. The number of fused-ring (bicyclic) bond motifs is 1. The van der Waals surface area contributed by atoms with E-state index in [1.54, 1.807) is 6.92 Å². The number of carbonyl (C=O) groups is 2. The number of ether oxygens (including phenoxy) is 2. The molecule has 3 unspecified atom stereocenters. The summed E-state index contributed by atoms with van der Waals surface area (Å²) in [5.41, 5.74) is -0.261. The molecule has 0 radical (unpaired) electrons. The van der Waals surface area contributed by atoms with Crippen molar-refractivity contribution in [2.24, 2.45) is 0 Å². The summed E-state index contributed by atoms with van der Waals surface area (Å²) in [6, 6.07) is 3.90. The highest BCUT2D eigenvalue weighted by Crippen LogP contribution is 2.59. The normalized spacial score (nSPS) is 14.7. The molecule has 0 spiro atoms. The van der Waals surface area contributed by atoms with Gasteiger partial charge in [-0.2, -0.15) is 13.2 Å². The molecule has 0 aliphatic rings. The number of thiophene rings is 1. The molecule has 2 aromatic rings. The zero-order valence-electron chi connectivity index (χ0n) is 20.4. The van der Waals surface area contributed by atoms with E-state index in [9.17, 15) is 27.3 Å². The van der Waals surface area contributed by atoms with Gasteiger partial charge in [0, 0.05) is 4.70 Å². The summed E-state index contributed by atoms with van der Waals surface area (Å²) in [7, 11) is -4.91. The average molecular weight is 556 g/mol. The summed E-state index contributed by atoms with van der Waals surface area (Å²) >= 11 is 1.06. The Hall–Kier alpha value is -2.27. The number of rotatable bonds is 12. The Morgan fingerprint density at radius 3 is 2.47 bits per heavy atom. The van der Waals surface area contributed by atoms with Gasteiger partial charge in [0.1, 0.15) is 17.5 Å². The molecular formula is C23H30F4NO6PS. The number of nitrogens with one attached hydrogen (secondary N) is 1. The number of benzene rings is 1. The standard InChI is InChI=1S/C21H24F4NO6PS.C2H6/c1-4-8-30-19(27)13(3)26-33(29,32-12-21(23,24)25)18(22)14-6-7-16-15(10-14)11-17(34-16)20(28)31-9-5-2;1-2/h5-7,10-11,13,18H,2,4,8-9,12H2,1,3H3,(H,26,29);1-2H3. The number of hydrogen-bond donors (Lipinski definition) is 1. The Balaban J connectivity index is 0.00000316. The third-order valence-corrected chi connectivity index (χ3v) is 7.49. The molecule has 13 heteroatoms. The minimum atomic E-state index is -4.91. The molecule has 3 atom stereocenters. The quantitative estimate of drug-likeness (QED) is 0.131. The van der Waals surface area contributed by atoms with E-state index < -0.39 is 44.2 Å². The molecule has 7 nitrogen and oxygen atoms in total. The first-order valence-corrected chi connectivity index (χ1v) is 13.6. The molecule has 202 valence electrons. The molecule has 1 N–H and O–H groups in total. The van der Waals surface area contributed by atoms with E-state index in [1.165, 1.54) is 37.3 Å². The molecule has 1 heterocycles. The Morgan fingerprint density at radius 1 is 1.22 bits per heavy atom. The molecule has 0 aliphatic heterocycles. The number of hydrogen-bond acceptors (Lipinski definition) is 7. The largest absolute Gasteiger partial charge is 0.465 e. The second-order valence-electron chi connectivity index (χ2n) is 7.13. The second-order valence-corrected chi connectivity index (χ2v) is 10.4. The molecule has 0 fully saturated rings. The van der Waals surface area contributed by atoms with Crippen LogP contribution in [0.3, 0.4) is 0 Å². The average Bonchev–Trinajstić information content (AvgIpc) is 3.28. The van der Waals surface area contributed by atoms with Crippen LogP contribution in [0.4, 0.5) is 17.6 Å². The number of esters is 2. The highest BCUT2D eigenvalue weighted by Gasteiger charge is 2.42. The summed E-state index contributed by atoms with van der Waals surface area (Å²) in [4.78, 5) is 24.2. The maximum atomic E-state index is 15.4. The van der Waals surface area contributed by atoms with Crippen LogP contribution in [0.15, 0.2) is 36.9 Å². The molecule has 0 saturated heterocycles. The van der Waals surface area contributed by atoms with Gasteiger partial charge in [0.15, 0.2) is 6.61 Å². The van der Waals surface area contributed by atoms with Crippen molar-refractivity contribution in [3.63, 3.8) is 0 Å². The summed E-state index contributed by atoms with van der Waals surface area (Å²) < 4.78 is 81.8. The third-order valence-electron chi connectivity index (χ3n) is 4.24. The van der Waals surface area contributed by atoms with Crippen molar-refractivity contribution in [3.8, 4) is 0 Å². The maximum Gasteiger partial charge on any atom is 0.412 e. The monoisotopic (exact) mass is 555 g/mol. The highest BCUT2D eigenvalue weighted by atomic mass is 32.1. The molecule has 0 amide bonds. The molecular weight excluding hydrogens is 525 g/mol. The van der Waals surface area contributed by atoms with Gasteiger partial charge < -0.3 is 14.0 Å². The van der Waals surface area contributed by atoms with E-state index in [0.717, 1.165) is 11.3 Å². The number of carbonyl (C=O) groups excluding carboxylic acids is 2. The first-order chi connectivity index (χ1) is 16.9. The fourth-order valence-corrected chi connectivity index (χ4v) is 5.51. The molecule has 36 heavy (non-hydrogen) atoms. The third kappa shape index (κ3) is 9.31. The van der Waals surface area contributed by atoms with Crippen LogP contribution in [0.5, 0.6) is 0 Å². The maximum absolute atomic E-state index is 15.4. The van der Waals surface area contributed by atoms with Gasteiger partial charge in [0.05, 0.1) is 6.61 Å². The number of halogens is 4. The summed E-state index contributed by atoms with van der Waals surface area (Å²) in [5.74, 6) is -4.09. The van der Waals surface area contributed by atoms with Crippen molar-refractivity contribution in [1.29, 1.82) is 0 Å².